The zero-order valence-corrected chi connectivity index (χ0v) is 11.9. The fraction of sp³-hybridized carbons (Fsp3) is 0.929. The van der Waals surface area contributed by atoms with Crippen LogP contribution in [-0.2, 0) is 9.53 Å². The van der Waals surface area contributed by atoms with Gasteiger partial charge >= 0.3 is 0 Å². The molecule has 1 aliphatic heterocycles. The van der Waals surface area contributed by atoms with E-state index < -0.39 is 0 Å². The van der Waals surface area contributed by atoms with E-state index in [4.69, 9.17) is 16.3 Å². The number of halogens is 1. The van der Waals surface area contributed by atoms with Crippen LogP contribution in [0.25, 0.3) is 0 Å². The molecule has 0 aromatic carbocycles. The molecule has 0 spiro atoms. The lowest BCUT2D eigenvalue weighted by atomic mass is 9.80. The lowest BCUT2D eigenvalue weighted by Gasteiger charge is -2.30. The molecule has 18 heavy (non-hydrogen) atoms. The van der Waals surface area contributed by atoms with Crippen LogP contribution in [0.1, 0.15) is 45.4 Å². The van der Waals surface area contributed by atoms with Crippen LogP contribution in [0.3, 0.4) is 0 Å². The summed E-state index contributed by atoms with van der Waals surface area (Å²) in [6.07, 6.45) is 6.81. The van der Waals surface area contributed by atoms with E-state index >= 15 is 0 Å². The van der Waals surface area contributed by atoms with Crippen molar-refractivity contribution in [3.05, 3.63) is 0 Å². The number of alkyl halides is 1. The van der Waals surface area contributed by atoms with Gasteiger partial charge in [-0.3, -0.25) is 4.79 Å². The first-order chi connectivity index (χ1) is 8.70. The third-order valence-corrected chi connectivity index (χ3v) is 4.72. The van der Waals surface area contributed by atoms with Crippen LogP contribution in [0.15, 0.2) is 0 Å². The Labute approximate surface area is 115 Å². The first-order valence-corrected chi connectivity index (χ1v) is 7.73. The molecule has 1 amide bonds. The minimum Gasteiger partial charge on any atom is -0.365 e. The summed E-state index contributed by atoms with van der Waals surface area (Å²) in [6.45, 7) is 2.79. The first kappa shape index (κ1) is 14.1. The van der Waals surface area contributed by atoms with E-state index in [2.05, 4.69) is 5.32 Å². The average Bonchev–Trinajstić information content (AvgIpc) is 2.83. The summed E-state index contributed by atoms with van der Waals surface area (Å²) < 4.78 is 5.58. The van der Waals surface area contributed by atoms with Crippen molar-refractivity contribution in [2.24, 2.45) is 11.8 Å². The molecule has 104 valence electrons. The second-order valence-electron chi connectivity index (χ2n) is 5.72. The Kier molecular flexibility index (Phi) is 5.31. The Balaban J connectivity index is 1.74. The molecule has 0 aromatic heterocycles. The van der Waals surface area contributed by atoms with Crippen molar-refractivity contribution in [2.75, 3.05) is 12.4 Å². The molecule has 1 N–H and O–H groups in total. The molecule has 4 heteroatoms. The summed E-state index contributed by atoms with van der Waals surface area (Å²) >= 11 is 6.00. The van der Waals surface area contributed by atoms with Crippen LogP contribution in [0, 0.1) is 11.8 Å². The normalized spacial score (nSPS) is 36.6. The van der Waals surface area contributed by atoms with Crippen LogP contribution in [0.2, 0.25) is 0 Å². The van der Waals surface area contributed by atoms with E-state index in [-0.39, 0.29) is 18.1 Å². The van der Waals surface area contributed by atoms with Gasteiger partial charge in [-0.15, -0.1) is 11.6 Å². The van der Waals surface area contributed by atoms with E-state index in [1.807, 2.05) is 6.92 Å². The zero-order chi connectivity index (χ0) is 13.0. The van der Waals surface area contributed by atoms with Crippen molar-refractivity contribution < 1.29 is 9.53 Å². The topological polar surface area (TPSA) is 38.3 Å². The predicted molar refractivity (Wildman–Crippen MR) is 72.7 cm³/mol. The average molecular weight is 274 g/mol. The summed E-state index contributed by atoms with van der Waals surface area (Å²) in [5.41, 5.74) is 0. The molecule has 1 saturated carbocycles. The van der Waals surface area contributed by atoms with Crippen molar-refractivity contribution in [1.82, 2.24) is 5.32 Å². The van der Waals surface area contributed by atoms with Crippen molar-refractivity contribution >= 4 is 17.5 Å². The number of hydrogen-bond acceptors (Lipinski definition) is 2. The summed E-state index contributed by atoms with van der Waals surface area (Å²) in [6, 6.07) is 0. The van der Waals surface area contributed by atoms with E-state index in [1.165, 1.54) is 25.7 Å². The quantitative estimate of drug-likeness (QED) is 0.800. The number of amides is 1. The van der Waals surface area contributed by atoms with Gasteiger partial charge in [0, 0.05) is 12.4 Å². The predicted octanol–water partition coefficient (Wildman–Crippen LogP) is 2.72. The van der Waals surface area contributed by atoms with Gasteiger partial charge < -0.3 is 10.1 Å². The number of rotatable bonds is 4. The van der Waals surface area contributed by atoms with Crippen molar-refractivity contribution in [3.63, 3.8) is 0 Å². The first-order valence-electron chi connectivity index (χ1n) is 7.20. The molecule has 1 heterocycles. The molecule has 0 aromatic rings. The second kappa shape index (κ2) is 6.76. The van der Waals surface area contributed by atoms with E-state index in [0.717, 1.165) is 25.3 Å². The standard InChI is InChI=1S/C14H24ClNO2/c1-10-6-7-13(18-10)14(17)16-9-12-5-3-2-4-11(12)8-15/h10-13H,2-9H2,1H3,(H,16,17). The highest BCUT2D eigenvalue weighted by Gasteiger charge is 2.30. The van der Waals surface area contributed by atoms with Gasteiger partial charge in [0.1, 0.15) is 6.10 Å². The number of ether oxygens (including phenoxy) is 1. The number of carbonyl (C=O) groups excluding carboxylic acids is 1. The van der Waals surface area contributed by atoms with Gasteiger partial charge in [-0.05, 0) is 44.4 Å². The Hall–Kier alpha value is -0.280. The molecule has 1 saturated heterocycles. The van der Waals surface area contributed by atoms with Crippen LogP contribution in [-0.4, -0.2) is 30.5 Å². The summed E-state index contributed by atoms with van der Waals surface area (Å²) in [4.78, 5) is 12.0. The highest BCUT2D eigenvalue weighted by molar-refractivity contribution is 6.18. The van der Waals surface area contributed by atoms with Gasteiger partial charge in [-0.2, -0.15) is 0 Å². The molecule has 0 radical (unpaired) electrons. The van der Waals surface area contributed by atoms with E-state index in [1.54, 1.807) is 0 Å². The maximum Gasteiger partial charge on any atom is 0.249 e. The maximum atomic E-state index is 12.0. The Morgan fingerprint density at radius 3 is 2.56 bits per heavy atom. The minimum absolute atomic E-state index is 0.0678. The lowest BCUT2D eigenvalue weighted by molar-refractivity contribution is -0.132. The van der Waals surface area contributed by atoms with Gasteiger partial charge in [0.25, 0.3) is 0 Å². The van der Waals surface area contributed by atoms with Crippen molar-refractivity contribution in [1.29, 1.82) is 0 Å². The van der Waals surface area contributed by atoms with Gasteiger partial charge in [-0.1, -0.05) is 12.8 Å². The molecule has 2 fully saturated rings. The fourth-order valence-electron chi connectivity index (χ4n) is 3.10. The molecule has 4 unspecified atom stereocenters. The van der Waals surface area contributed by atoms with Gasteiger partial charge in [-0.25, -0.2) is 0 Å². The second-order valence-corrected chi connectivity index (χ2v) is 6.03. The van der Waals surface area contributed by atoms with Gasteiger partial charge in [0.15, 0.2) is 0 Å². The van der Waals surface area contributed by atoms with E-state index in [9.17, 15) is 4.79 Å². The van der Waals surface area contributed by atoms with Crippen molar-refractivity contribution in [3.8, 4) is 0 Å². The van der Waals surface area contributed by atoms with Crippen LogP contribution in [0.4, 0.5) is 0 Å². The molecule has 0 bridgehead atoms. The maximum absolute atomic E-state index is 12.0. The van der Waals surface area contributed by atoms with Gasteiger partial charge in [0.2, 0.25) is 5.91 Å². The molecule has 2 rings (SSSR count). The lowest BCUT2D eigenvalue weighted by Crippen LogP contribution is -2.40. The summed E-state index contributed by atoms with van der Waals surface area (Å²) in [5.74, 6) is 1.92. The Morgan fingerprint density at radius 1 is 1.22 bits per heavy atom. The summed E-state index contributed by atoms with van der Waals surface area (Å²) in [5, 5.41) is 3.06. The third kappa shape index (κ3) is 3.61. The highest BCUT2D eigenvalue weighted by atomic mass is 35.5. The SMILES string of the molecule is CC1CCC(C(=O)NCC2CCCCC2CCl)O1. The Morgan fingerprint density at radius 2 is 1.94 bits per heavy atom. The van der Waals surface area contributed by atoms with Crippen molar-refractivity contribution in [2.45, 2.75) is 57.7 Å². The van der Waals surface area contributed by atoms with E-state index in [0.29, 0.717) is 11.8 Å². The highest BCUT2D eigenvalue weighted by Crippen LogP contribution is 2.30. The zero-order valence-electron chi connectivity index (χ0n) is 11.2. The molecule has 3 nitrogen and oxygen atoms in total. The molecule has 4 atom stereocenters. The smallest absolute Gasteiger partial charge is 0.249 e. The largest absolute Gasteiger partial charge is 0.365 e. The number of carbonyl (C=O) groups is 1. The van der Waals surface area contributed by atoms with Gasteiger partial charge in [0.05, 0.1) is 6.10 Å². The fourth-order valence-corrected chi connectivity index (χ4v) is 3.50. The molecule has 1 aliphatic carbocycles. The van der Waals surface area contributed by atoms with Crippen LogP contribution in [0.5, 0.6) is 0 Å². The monoisotopic (exact) mass is 273 g/mol. The third-order valence-electron chi connectivity index (χ3n) is 4.33. The molecular weight excluding hydrogens is 250 g/mol. The minimum atomic E-state index is -0.224. The van der Waals surface area contributed by atoms with Crippen LogP contribution < -0.4 is 5.32 Å². The Bertz CT molecular complexity index is 285. The van der Waals surface area contributed by atoms with Crippen LogP contribution >= 0.6 is 11.6 Å². The molecular formula is C14H24ClNO2. The summed E-state index contributed by atoms with van der Waals surface area (Å²) in [7, 11) is 0. The molecule has 2 aliphatic rings. The number of nitrogens with one attached hydrogen (secondary N) is 1. The number of hydrogen-bond donors (Lipinski definition) is 1.